The van der Waals surface area contributed by atoms with E-state index in [1.807, 2.05) is 60.1 Å². The lowest BCUT2D eigenvalue weighted by molar-refractivity contribution is 0.105. The summed E-state index contributed by atoms with van der Waals surface area (Å²) in [4.78, 5) is 16.4. The summed E-state index contributed by atoms with van der Waals surface area (Å²) in [6, 6.07) is 20.1. The highest BCUT2D eigenvalue weighted by Gasteiger charge is 2.11. The van der Waals surface area contributed by atoms with Crippen molar-refractivity contribution in [2.45, 2.75) is 19.1 Å². The van der Waals surface area contributed by atoms with Crippen molar-refractivity contribution in [1.29, 1.82) is 0 Å². The highest BCUT2D eigenvalue weighted by molar-refractivity contribution is 7.12. The number of aliphatic hydroxyl groups is 1. The third-order valence-corrected chi connectivity index (χ3v) is 6.92. The van der Waals surface area contributed by atoms with Gasteiger partial charge in [0.05, 0.1) is 11.0 Å². The second-order valence-electron chi connectivity index (χ2n) is 8.40. The number of rotatable bonds is 10. The number of fused-ring (bicyclic) bond motifs is 2. The number of carbonyl (C=O) groups excluding carboxylic acids is 1. The van der Waals surface area contributed by atoms with Crippen LogP contribution in [0.4, 0.5) is 0 Å². The Morgan fingerprint density at radius 3 is 2.76 bits per heavy atom. The lowest BCUT2D eigenvalue weighted by Gasteiger charge is -2.13. The van der Waals surface area contributed by atoms with Gasteiger partial charge in [-0.3, -0.25) is 4.79 Å². The number of ketones is 1. The molecule has 5 aromatic rings. The standard InChI is InChI=1S/C28H27N3O2S/c32-22(17-29-14-13-20-16-30-25-8-3-1-6-23(20)25)19-31-18-21(24-7-2-4-9-26(24)31)11-12-27(33)28-10-5-15-34-28/h1-12,15-16,18,22,29-30,32H,13-14,17,19H2/b12-11+. The van der Waals surface area contributed by atoms with E-state index in [4.69, 9.17) is 0 Å². The van der Waals surface area contributed by atoms with E-state index in [2.05, 4.69) is 39.3 Å². The Morgan fingerprint density at radius 1 is 1.09 bits per heavy atom. The lowest BCUT2D eigenvalue weighted by Crippen LogP contribution is -2.31. The van der Waals surface area contributed by atoms with Crippen LogP contribution in [0.1, 0.15) is 20.8 Å². The SMILES string of the molecule is O=C(/C=C/c1cn(CC(O)CNCCc2c[nH]c3ccccc23)c2ccccc12)c1cccs1. The van der Waals surface area contributed by atoms with Crippen LogP contribution in [0.2, 0.25) is 0 Å². The van der Waals surface area contributed by atoms with Gasteiger partial charge in [0.1, 0.15) is 0 Å². The Bertz CT molecular complexity index is 1430. The van der Waals surface area contributed by atoms with Crippen molar-refractivity contribution < 1.29 is 9.90 Å². The molecule has 1 atom stereocenters. The molecule has 0 aliphatic heterocycles. The van der Waals surface area contributed by atoms with Crippen LogP contribution in [0.25, 0.3) is 27.9 Å². The molecule has 1 unspecified atom stereocenters. The molecule has 5 rings (SSSR count). The summed E-state index contributed by atoms with van der Waals surface area (Å²) in [5, 5.41) is 18.3. The molecular weight excluding hydrogens is 442 g/mol. The summed E-state index contributed by atoms with van der Waals surface area (Å²) in [5.74, 6) is 0.00580. The molecule has 3 aromatic heterocycles. The number of hydrogen-bond acceptors (Lipinski definition) is 4. The quantitative estimate of drug-likeness (QED) is 0.148. The molecule has 0 amide bonds. The molecule has 34 heavy (non-hydrogen) atoms. The van der Waals surface area contributed by atoms with Gasteiger partial charge in [0, 0.05) is 52.9 Å². The van der Waals surface area contributed by atoms with Crippen LogP contribution in [0.3, 0.4) is 0 Å². The summed E-state index contributed by atoms with van der Waals surface area (Å²) in [6.45, 7) is 1.79. The van der Waals surface area contributed by atoms with Crippen molar-refractivity contribution >= 4 is 45.0 Å². The van der Waals surface area contributed by atoms with E-state index in [1.165, 1.54) is 22.3 Å². The average Bonchev–Trinajstić information content (AvgIpc) is 3.60. The monoisotopic (exact) mass is 469 g/mol. The van der Waals surface area contributed by atoms with E-state index in [1.54, 1.807) is 6.08 Å². The Balaban J connectivity index is 1.20. The van der Waals surface area contributed by atoms with Crippen molar-refractivity contribution in [3.63, 3.8) is 0 Å². The number of para-hydroxylation sites is 2. The third-order valence-electron chi connectivity index (χ3n) is 6.03. The van der Waals surface area contributed by atoms with E-state index >= 15 is 0 Å². The van der Waals surface area contributed by atoms with Crippen molar-refractivity contribution in [3.8, 4) is 0 Å². The van der Waals surface area contributed by atoms with Crippen LogP contribution in [-0.2, 0) is 13.0 Å². The van der Waals surface area contributed by atoms with Gasteiger partial charge in [0.25, 0.3) is 0 Å². The summed E-state index contributed by atoms with van der Waals surface area (Å²) >= 11 is 1.44. The highest BCUT2D eigenvalue weighted by Crippen LogP contribution is 2.23. The minimum absolute atomic E-state index is 0.00580. The van der Waals surface area contributed by atoms with Gasteiger partial charge in [-0.05, 0) is 54.3 Å². The number of thiophene rings is 1. The summed E-state index contributed by atoms with van der Waals surface area (Å²) in [5.41, 5.74) is 4.45. The molecule has 0 spiro atoms. The van der Waals surface area contributed by atoms with Crippen molar-refractivity contribution in [2.24, 2.45) is 0 Å². The predicted molar refractivity (Wildman–Crippen MR) is 141 cm³/mol. The van der Waals surface area contributed by atoms with Crippen molar-refractivity contribution in [3.05, 3.63) is 101 Å². The van der Waals surface area contributed by atoms with E-state index in [0.717, 1.165) is 39.8 Å². The van der Waals surface area contributed by atoms with Crippen LogP contribution in [-0.4, -0.2) is 39.6 Å². The van der Waals surface area contributed by atoms with Gasteiger partial charge in [-0.25, -0.2) is 0 Å². The second-order valence-corrected chi connectivity index (χ2v) is 9.34. The van der Waals surface area contributed by atoms with Gasteiger partial charge in [-0.2, -0.15) is 0 Å². The normalized spacial score (nSPS) is 12.7. The Morgan fingerprint density at radius 2 is 1.91 bits per heavy atom. The molecule has 0 aliphatic rings. The first-order valence-electron chi connectivity index (χ1n) is 11.5. The minimum Gasteiger partial charge on any atom is -0.390 e. The van der Waals surface area contributed by atoms with Crippen LogP contribution in [0.15, 0.2) is 84.5 Å². The lowest BCUT2D eigenvalue weighted by atomic mass is 10.1. The summed E-state index contributed by atoms with van der Waals surface area (Å²) in [7, 11) is 0. The first-order chi connectivity index (χ1) is 16.7. The molecule has 3 heterocycles. The third kappa shape index (κ3) is 4.89. The average molecular weight is 470 g/mol. The molecule has 0 saturated heterocycles. The molecule has 172 valence electrons. The zero-order valence-electron chi connectivity index (χ0n) is 18.8. The number of nitrogens with zero attached hydrogens (tertiary/aromatic N) is 1. The molecule has 0 aliphatic carbocycles. The van der Waals surface area contributed by atoms with Gasteiger partial charge in [0.15, 0.2) is 5.78 Å². The maximum Gasteiger partial charge on any atom is 0.195 e. The molecule has 5 nitrogen and oxygen atoms in total. The minimum atomic E-state index is -0.525. The number of carbonyl (C=O) groups is 1. The molecule has 0 fully saturated rings. The Kier molecular flexibility index (Phi) is 6.72. The van der Waals surface area contributed by atoms with Gasteiger partial charge < -0.3 is 20.0 Å². The summed E-state index contributed by atoms with van der Waals surface area (Å²) < 4.78 is 2.07. The molecule has 0 bridgehead atoms. The van der Waals surface area contributed by atoms with Crippen LogP contribution < -0.4 is 5.32 Å². The maximum absolute atomic E-state index is 12.4. The predicted octanol–water partition coefficient (Wildman–Crippen LogP) is 5.27. The van der Waals surface area contributed by atoms with E-state index in [-0.39, 0.29) is 5.78 Å². The fourth-order valence-corrected chi connectivity index (χ4v) is 4.99. The number of hydrogen-bond donors (Lipinski definition) is 3. The van der Waals surface area contributed by atoms with Gasteiger partial charge in [-0.15, -0.1) is 11.3 Å². The van der Waals surface area contributed by atoms with Crippen LogP contribution in [0, 0.1) is 0 Å². The van der Waals surface area contributed by atoms with Crippen LogP contribution >= 0.6 is 11.3 Å². The number of allylic oxidation sites excluding steroid dienone is 1. The van der Waals surface area contributed by atoms with Gasteiger partial charge in [-0.1, -0.05) is 42.5 Å². The number of aromatic amines is 1. The molecule has 6 heteroatoms. The first kappa shape index (κ1) is 22.3. The number of aliphatic hydroxyl groups excluding tert-OH is 1. The van der Waals surface area contributed by atoms with Crippen molar-refractivity contribution in [2.75, 3.05) is 13.1 Å². The van der Waals surface area contributed by atoms with Gasteiger partial charge >= 0.3 is 0 Å². The second kappa shape index (κ2) is 10.2. The number of benzene rings is 2. The van der Waals surface area contributed by atoms with Crippen LogP contribution in [0.5, 0.6) is 0 Å². The number of nitrogens with one attached hydrogen (secondary N) is 2. The first-order valence-corrected chi connectivity index (χ1v) is 12.3. The zero-order valence-corrected chi connectivity index (χ0v) is 19.6. The van der Waals surface area contributed by atoms with Gasteiger partial charge in [0.2, 0.25) is 0 Å². The smallest absolute Gasteiger partial charge is 0.195 e. The van der Waals surface area contributed by atoms with E-state index < -0.39 is 6.10 Å². The van der Waals surface area contributed by atoms with E-state index in [9.17, 15) is 9.90 Å². The molecule has 0 saturated carbocycles. The number of aromatic nitrogens is 2. The molecule has 3 N–H and O–H groups in total. The number of H-pyrrole nitrogens is 1. The molecule has 2 aromatic carbocycles. The van der Waals surface area contributed by atoms with E-state index in [0.29, 0.717) is 13.1 Å². The highest BCUT2D eigenvalue weighted by atomic mass is 32.1. The van der Waals surface area contributed by atoms with Crippen molar-refractivity contribution in [1.82, 2.24) is 14.9 Å². The Labute approximate surface area is 202 Å². The summed E-state index contributed by atoms with van der Waals surface area (Å²) in [6.07, 6.45) is 7.94. The zero-order chi connectivity index (χ0) is 23.3. The molecule has 0 radical (unpaired) electrons. The maximum atomic E-state index is 12.4. The molecular formula is C28H27N3O2S. The largest absolute Gasteiger partial charge is 0.390 e. The Hall–Kier alpha value is -3.45. The fraction of sp³-hybridized carbons (Fsp3) is 0.179. The fourth-order valence-electron chi connectivity index (χ4n) is 4.35. The topological polar surface area (TPSA) is 70.1 Å².